The van der Waals surface area contributed by atoms with Gasteiger partial charge in [0.2, 0.25) is 0 Å². The van der Waals surface area contributed by atoms with Gasteiger partial charge in [-0.2, -0.15) is 0 Å². The molecule has 2 aromatic rings. The summed E-state index contributed by atoms with van der Waals surface area (Å²) < 4.78 is 0. The fourth-order valence-corrected chi connectivity index (χ4v) is 2.78. The molecule has 0 unspecified atom stereocenters. The van der Waals surface area contributed by atoms with Gasteiger partial charge >= 0.3 is 0 Å². The molecule has 1 aliphatic rings. The lowest BCUT2D eigenvalue weighted by Gasteiger charge is -2.19. The Labute approximate surface area is 108 Å². The Morgan fingerprint density at radius 3 is 2.28 bits per heavy atom. The minimum atomic E-state index is 0.382. The van der Waals surface area contributed by atoms with Gasteiger partial charge in [0.05, 0.1) is 0 Å². The molecule has 0 bridgehead atoms. The molecule has 1 aliphatic carbocycles. The minimum absolute atomic E-state index is 0.382. The smallest absolute Gasteiger partial charge is 0.0295 e. The maximum absolute atomic E-state index is 4.06. The predicted octanol–water partition coefficient (Wildman–Crippen LogP) is 2.90. The molecule has 2 heteroatoms. The lowest BCUT2D eigenvalue weighted by Crippen LogP contribution is -2.32. The highest BCUT2D eigenvalue weighted by Crippen LogP contribution is 2.23. The molecule has 3 rings (SSSR count). The summed E-state index contributed by atoms with van der Waals surface area (Å²) in [7, 11) is 0. The number of benzene rings is 1. The van der Waals surface area contributed by atoms with E-state index >= 15 is 0 Å². The van der Waals surface area contributed by atoms with E-state index in [0.29, 0.717) is 12.1 Å². The van der Waals surface area contributed by atoms with Crippen molar-refractivity contribution in [1.29, 1.82) is 0 Å². The summed E-state index contributed by atoms with van der Waals surface area (Å²) in [6.45, 7) is 2.22. The zero-order valence-corrected chi connectivity index (χ0v) is 10.6. The number of nitrogens with zero attached hydrogens (tertiary/aromatic N) is 1. The van der Waals surface area contributed by atoms with Crippen molar-refractivity contribution in [2.75, 3.05) is 0 Å². The van der Waals surface area contributed by atoms with Crippen molar-refractivity contribution in [2.24, 2.45) is 0 Å². The van der Waals surface area contributed by atoms with Gasteiger partial charge in [-0.05, 0) is 48.6 Å². The molecule has 1 heterocycles. The Kier molecular flexibility index (Phi) is 3.11. The second-order valence-electron chi connectivity index (χ2n) is 5.04. The van der Waals surface area contributed by atoms with E-state index in [-0.39, 0.29) is 0 Å². The van der Waals surface area contributed by atoms with Crippen LogP contribution in [0.2, 0.25) is 0 Å². The van der Waals surface area contributed by atoms with Crippen LogP contribution in [0, 0.1) is 0 Å². The van der Waals surface area contributed by atoms with Crippen LogP contribution < -0.4 is 5.32 Å². The molecular formula is C16H18N2. The molecule has 0 radical (unpaired) electrons. The zero-order valence-electron chi connectivity index (χ0n) is 10.6. The Bertz CT molecular complexity index is 497. The van der Waals surface area contributed by atoms with Gasteiger partial charge in [0, 0.05) is 24.5 Å². The molecule has 1 atom stereocenters. The summed E-state index contributed by atoms with van der Waals surface area (Å²) in [4.78, 5) is 4.06. The Hall–Kier alpha value is -1.67. The lowest BCUT2D eigenvalue weighted by atomic mass is 10.1. The molecule has 1 N–H and O–H groups in total. The second-order valence-corrected chi connectivity index (χ2v) is 5.04. The van der Waals surface area contributed by atoms with Gasteiger partial charge < -0.3 is 5.32 Å². The van der Waals surface area contributed by atoms with Crippen LogP contribution in [0.5, 0.6) is 0 Å². The summed E-state index contributed by atoms with van der Waals surface area (Å²) in [6, 6.07) is 13.9. The summed E-state index contributed by atoms with van der Waals surface area (Å²) >= 11 is 0. The van der Waals surface area contributed by atoms with Gasteiger partial charge in [-0.25, -0.2) is 0 Å². The van der Waals surface area contributed by atoms with Crippen molar-refractivity contribution in [3.8, 4) is 0 Å². The van der Waals surface area contributed by atoms with E-state index in [2.05, 4.69) is 53.6 Å². The topological polar surface area (TPSA) is 24.9 Å². The maximum atomic E-state index is 4.06. The van der Waals surface area contributed by atoms with Crippen LogP contribution >= 0.6 is 0 Å². The van der Waals surface area contributed by atoms with E-state index < -0.39 is 0 Å². The van der Waals surface area contributed by atoms with Gasteiger partial charge in [0.15, 0.2) is 0 Å². The highest BCUT2D eigenvalue weighted by Gasteiger charge is 2.22. The molecule has 0 spiro atoms. The molecule has 92 valence electrons. The highest BCUT2D eigenvalue weighted by molar-refractivity contribution is 5.33. The first-order valence-electron chi connectivity index (χ1n) is 6.55. The second kappa shape index (κ2) is 4.91. The van der Waals surface area contributed by atoms with E-state index in [0.717, 1.165) is 12.8 Å². The normalized spacial score (nSPS) is 16.5. The molecule has 0 aliphatic heterocycles. The third-order valence-corrected chi connectivity index (χ3v) is 3.74. The average molecular weight is 238 g/mol. The van der Waals surface area contributed by atoms with Crippen LogP contribution in [-0.4, -0.2) is 11.0 Å². The first-order chi connectivity index (χ1) is 8.83. The molecule has 0 saturated heterocycles. The van der Waals surface area contributed by atoms with Gasteiger partial charge in [0.25, 0.3) is 0 Å². The first-order valence-corrected chi connectivity index (χ1v) is 6.55. The van der Waals surface area contributed by atoms with Crippen LogP contribution in [0.25, 0.3) is 0 Å². The van der Waals surface area contributed by atoms with Crippen LogP contribution in [0.3, 0.4) is 0 Å². The summed E-state index contributed by atoms with van der Waals surface area (Å²) in [5, 5.41) is 3.71. The number of pyridine rings is 1. The maximum Gasteiger partial charge on any atom is 0.0295 e. The van der Waals surface area contributed by atoms with Crippen molar-refractivity contribution >= 4 is 0 Å². The number of aromatic nitrogens is 1. The fraction of sp³-hybridized carbons (Fsp3) is 0.312. The third kappa shape index (κ3) is 2.29. The van der Waals surface area contributed by atoms with Crippen molar-refractivity contribution < 1.29 is 0 Å². The minimum Gasteiger partial charge on any atom is -0.307 e. The van der Waals surface area contributed by atoms with E-state index in [9.17, 15) is 0 Å². The van der Waals surface area contributed by atoms with Crippen molar-refractivity contribution in [2.45, 2.75) is 31.8 Å². The molecule has 1 aromatic heterocycles. The number of hydrogen-bond donors (Lipinski definition) is 1. The Morgan fingerprint density at radius 1 is 1.06 bits per heavy atom. The van der Waals surface area contributed by atoms with Crippen LogP contribution in [-0.2, 0) is 12.8 Å². The molecule has 0 fully saturated rings. The van der Waals surface area contributed by atoms with Crippen LogP contribution in [0.4, 0.5) is 0 Å². The van der Waals surface area contributed by atoms with Crippen LogP contribution in [0.15, 0.2) is 48.8 Å². The standard InChI is InChI=1S/C16H18N2/c1-12(13-6-8-17-9-7-13)18-16-10-14-4-2-3-5-15(14)11-16/h2-9,12,16,18H,10-11H2,1H3/t12-/m1/s1. The van der Waals surface area contributed by atoms with E-state index in [1.807, 2.05) is 12.4 Å². The molecular weight excluding hydrogens is 220 g/mol. The number of fused-ring (bicyclic) bond motifs is 1. The monoisotopic (exact) mass is 238 g/mol. The SMILES string of the molecule is C[C@@H](NC1Cc2ccccc2C1)c1ccncc1. The van der Waals surface area contributed by atoms with Gasteiger partial charge in [-0.1, -0.05) is 24.3 Å². The molecule has 18 heavy (non-hydrogen) atoms. The molecule has 2 nitrogen and oxygen atoms in total. The van der Waals surface area contributed by atoms with E-state index in [1.165, 1.54) is 16.7 Å². The van der Waals surface area contributed by atoms with Crippen molar-refractivity contribution in [1.82, 2.24) is 10.3 Å². The van der Waals surface area contributed by atoms with Gasteiger partial charge in [0.1, 0.15) is 0 Å². The first kappa shape index (κ1) is 11.4. The van der Waals surface area contributed by atoms with Gasteiger partial charge in [-0.15, -0.1) is 0 Å². The highest BCUT2D eigenvalue weighted by atomic mass is 14.9. The Balaban J connectivity index is 1.66. The molecule has 0 amide bonds. The van der Waals surface area contributed by atoms with Crippen molar-refractivity contribution in [3.05, 3.63) is 65.5 Å². The summed E-state index contributed by atoms with van der Waals surface area (Å²) in [6.07, 6.45) is 6.00. The lowest BCUT2D eigenvalue weighted by molar-refractivity contribution is 0.467. The average Bonchev–Trinajstić information content (AvgIpc) is 2.82. The number of rotatable bonds is 3. The quantitative estimate of drug-likeness (QED) is 0.889. The molecule has 1 aromatic carbocycles. The third-order valence-electron chi connectivity index (χ3n) is 3.74. The van der Waals surface area contributed by atoms with E-state index in [4.69, 9.17) is 0 Å². The number of nitrogens with one attached hydrogen (secondary N) is 1. The molecule has 0 saturated carbocycles. The van der Waals surface area contributed by atoms with Gasteiger partial charge in [-0.3, -0.25) is 4.98 Å². The predicted molar refractivity (Wildman–Crippen MR) is 73.4 cm³/mol. The van der Waals surface area contributed by atoms with Crippen LogP contribution in [0.1, 0.15) is 29.7 Å². The summed E-state index contributed by atoms with van der Waals surface area (Å²) in [5.74, 6) is 0. The van der Waals surface area contributed by atoms with E-state index in [1.54, 1.807) is 0 Å². The van der Waals surface area contributed by atoms with Crippen molar-refractivity contribution in [3.63, 3.8) is 0 Å². The Morgan fingerprint density at radius 2 is 1.67 bits per heavy atom. The fourth-order valence-electron chi connectivity index (χ4n) is 2.78. The summed E-state index contributed by atoms with van der Waals surface area (Å²) in [5.41, 5.74) is 4.30. The largest absolute Gasteiger partial charge is 0.307 e. The zero-order chi connectivity index (χ0) is 12.4. The number of hydrogen-bond acceptors (Lipinski definition) is 2.